The molecule has 1 aromatic carbocycles. The highest BCUT2D eigenvalue weighted by molar-refractivity contribution is 5.75. The number of hydrogen-bond acceptors (Lipinski definition) is 6. The lowest BCUT2D eigenvalue weighted by Gasteiger charge is -2.23. The van der Waals surface area contributed by atoms with Crippen LogP contribution >= 0.6 is 0 Å². The van der Waals surface area contributed by atoms with Crippen LogP contribution in [-0.2, 0) is 9.53 Å². The average Bonchev–Trinajstić information content (AvgIpc) is 2.56. The Hall–Kier alpha value is -1.95. The highest BCUT2D eigenvalue weighted by Crippen LogP contribution is 2.41. The average molecular weight is 311 g/mol. The molecule has 0 aromatic heterocycles. The molecule has 0 aliphatic carbocycles. The summed E-state index contributed by atoms with van der Waals surface area (Å²) in [5.41, 5.74) is 6.80. The predicted octanol–water partition coefficient (Wildman–Crippen LogP) is 2.10. The van der Waals surface area contributed by atoms with Crippen molar-refractivity contribution in [2.75, 3.05) is 28.4 Å². The first-order chi connectivity index (χ1) is 10.5. The molecule has 1 rings (SSSR count). The van der Waals surface area contributed by atoms with Crippen LogP contribution in [0.5, 0.6) is 17.2 Å². The minimum absolute atomic E-state index is 0.0213. The van der Waals surface area contributed by atoms with Gasteiger partial charge in [-0.2, -0.15) is 0 Å². The van der Waals surface area contributed by atoms with E-state index in [1.165, 1.54) is 7.11 Å². The minimum Gasteiger partial charge on any atom is -0.497 e. The summed E-state index contributed by atoms with van der Waals surface area (Å²) in [7, 11) is 6.08. The molecule has 0 saturated carbocycles. The van der Waals surface area contributed by atoms with Gasteiger partial charge in [-0.05, 0) is 24.8 Å². The first-order valence-electron chi connectivity index (χ1n) is 7.15. The van der Waals surface area contributed by atoms with Crippen LogP contribution in [0.25, 0.3) is 0 Å². The third-order valence-corrected chi connectivity index (χ3v) is 3.69. The van der Waals surface area contributed by atoms with Crippen molar-refractivity contribution in [1.82, 2.24) is 0 Å². The number of methoxy groups -OCH3 is 4. The maximum atomic E-state index is 11.6. The van der Waals surface area contributed by atoms with Crippen LogP contribution in [0, 0.1) is 0 Å². The maximum absolute atomic E-state index is 11.6. The van der Waals surface area contributed by atoms with E-state index in [1.54, 1.807) is 27.4 Å². The van der Waals surface area contributed by atoms with Crippen LogP contribution in [0.3, 0.4) is 0 Å². The van der Waals surface area contributed by atoms with E-state index in [9.17, 15) is 4.79 Å². The molecule has 2 atom stereocenters. The zero-order chi connectivity index (χ0) is 16.7. The molecular weight excluding hydrogens is 286 g/mol. The SMILES string of the molecule is CCC(CC(N)C(=O)OC)c1cc(OC)cc(OC)c1OC. The normalized spacial score (nSPS) is 13.2. The molecule has 6 heteroatoms. The van der Waals surface area contributed by atoms with Crippen molar-refractivity contribution in [3.8, 4) is 17.2 Å². The fourth-order valence-corrected chi connectivity index (χ4v) is 2.46. The standard InChI is InChI=1S/C16H25NO5/c1-6-10(7-13(17)16(18)22-5)12-8-11(19-2)9-14(20-3)15(12)21-4/h8-10,13H,6-7,17H2,1-5H3. The maximum Gasteiger partial charge on any atom is 0.322 e. The molecule has 22 heavy (non-hydrogen) atoms. The summed E-state index contributed by atoms with van der Waals surface area (Å²) >= 11 is 0. The number of rotatable bonds is 8. The molecule has 0 bridgehead atoms. The Balaban J connectivity index is 3.21. The highest BCUT2D eigenvalue weighted by Gasteiger charge is 2.25. The van der Waals surface area contributed by atoms with Gasteiger partial charge in [-0.15, -0.1) is 0 Å². The van der Waals surface area contributed by atoms with Crippen LogP contribution in [0.1, 0.15) is 31.2 Å². The van der Waals surface area contributed by atoms with Crippen LogP contribution in [0.2, 0.25) is 0 Å². The molecular formula is C16H25NO5. The van der Waals surface area contributed by atoms with Crippen molar-refractivity contribution in [3.63, 3.8) is 0 Å². The number of ether oxygens (including phenoxy) is 4. The number of esters is 1. The van der Waals surface area contributed by atoms with Gasteiger partial charge in [0.05, 0.1) is 28.4 Å². The summed E-state index contributed by atoms with van der Waals surface area (Å²) in [6.45, 7) is 2.03. The van der Waals surface area contributed by atoms with E-state index < -0.39 is 12.0 Å². The summed E-state index contributed by atoms with van der Waals surface area (Å²) in [5, 5.41) is 0. The zero-order valence-electron chi connectivity index (χ0n) is 13.8. The first kappa shape index (κ1) is 18.1. The molecule has 0 heterocycles. The van der Waals surface area contributed by atoms with Gasteiger partial charge in [-0.3, -0.25) is 4.79 Å². The second-order valence-corrected chi connectivity index (χ2v) is 4.92. The topological polar surface area (TPSA) is 80.0 Å². The lowest BCUT2D eigenvalue weighted by molar-refractivity contribution is -0.142. The van der Waals surface area contributed by atoms with E-state index in [-0.39, 0.29) is 5.92 Å². The van der Waals surface area contributed by atoms with Gasteiger partial charge < -0.3 is 24.7 Å². The Morgan fingerprint density at radius 3 is 2.27 bits per heavy atom. The molecule has 6 nitrogen and oxygen atoms in total. The van der Waals surface area contributed by atoms with E-state index in [0.717, 1.165) is 12.0 Å². The van der Waals surface area contributed by atoms with Gasteiger partial charge in [0, 0.05) is 11.6 Å². The summed E-state index contributed by atoms with van der Waals surface area (Å²) < 4.78 is 20.8. The lowest BCUT2D eigenvalue weighted by atomic mass is 9.89. The van der Waals surface area contributed by atoms with Gasteiger partial charge in [-0.1, -0.05) is 6.92 Å². The quantitative estimate of drug-likeness (QED) is 0.741. The Bertz CT molecular complexity index is 504. The molecule has 124 valence electrons. The van der Waals surface area contributed by atoms with Crippen LogP contribution in [0.15, 0.2) is 12.1 Å². The molecule has 0 amide bonds. The van der Waals surface area contributed by atoms with Gasteiger partial charge >= 0.3 is 5.97 Å². The monoisotopic (exact) mass is 311 g/mol. The minimum atomic E-state index is -0.683. The van der Waals surface area contributed by atoms with Crippen molar-refractivity contribution in [3.05, 3.63) is 17.7 Å². The second-order valence-electron chi connectivity index (χ2n) is 4.92. The van der Waals surface area contributed by atoms with Crippen LogP contribution in [-0.4, -0.2) is 40.5 Å². The van der Waals surface area contributed by atoms with Crippen molar-refractivity contribution in [2.45, 2.75) is 31.7 Å². The molecule has 0 spiro atoms. The smallest absolute Gasteiger partial charge is 0.322 e. The molecule has 2 N–H and O–H groups in total. The second kappa shape index (κ2) is 8.48. The van der Waals surface area contributed by atoms with Crippen molar-refractivity contribution >= 4 is 5.97 Å². The van der Waals surface area contributed by atoms with Crippen LogP contribution in [0.4, 0.5) is 0 Å². The molecule has 0 fully saturated rings. The number of carbonyl (C=O) groups excluding carboxylic acids is 1. The Morgan fingerprint density at radius 2 is 1.82 bits per heavy atom. The van der Waals surface area contributed by atoms with E-state index in [2.05, 4.69) is 0 Å². The van der Waals surface area contributed by atoms with Crippen molar-refractivity contribution in [2.24, 2.45) is 5.73 Å². The Labute approximate surface area is 131 Å². The summed E-state index contributed by atoms with van der Waals surface area (Å²) in [4.78, 5) is 11.6. The molecule has 0 radical (unpaired) electrons. The van der Waals surface area contributed by atoms with E-state index in [0.29, 0.717) is 23.7 Å². The summed E-state index contributed by atoms with van der Waals surface area (Å²) in [5.74, 6) is 1.48. The van der Waals surface area contributed by atoms with Gasteiger partial charge in [-0.25, -0.2) is 0 Å². The third-order valence-electron chi connectivity index (χ3n) is 3.69. The number of hydrogen-bond donors (Lipinski definition) is 1. The molecule has 2 unspecified atom stereocenters. The predicted molar refractivity (Wildman–Crippen MR) is 83.7 cm³/mol. The summed E-state index contributed by atoms with van der Waals surface area (Å²) in [6.07, 6.45) is 1.24. The largest absolute Gasteiger partial charge is 0.497 e. The number of benzene rings is 1. The van der Waals surface area contributed by atoms with E-state index in [1.807, 2.05) is 13.0 Å². The molecule has 0 aliphatic rings. The van der Waals surface area contributed by atoms with Crippen LogP contribution < -0.4 is 19.9 Å². The zero-order valence-corrected chi connectivity index (χ0v) is 13.8. The van der Waals surface area contributed by atoms with Gasteiger partial charge in [0.25, 0.3) is 0 Å². The number of nitrogens with two attached hydrogens (primary N) is 1. The lowest BCUT2D eigenvalue weighted by Crippen LogP contribution is -2.33. The highest BCUT2D eigenvalue weighted by atomic mass is 16.5. The molecule has 0 aliphatic heterocycles. The third kappa shape index (κ3) is 4.04. The van der Waals surface area contributed by atoms with Gasteiger partial charge in [0.15, 0.2) is 11.5 Å². The fourth-order valence-electron chi connectivity index (χ4n) is 2.46. The number of carbonyl (C=O) groups is 1. The Morgan fingerprint density at radius 1 is 1.14 bits per heavy atom. The Kier molecular flexibility index (Phi) is 6.98. The van der Waals surface area contributed by atoms with E-state index in [4.69, 9.17) is 24.7 Å². The molecule has 0 saturated heterocycles. The summed E-state index contributed by atoms with van der Waals surface area (Å²) in [6, 6.07) is 2.96. The van der Waals surface area contributed by atoms with Crippen molar-refractivity contribution in [1.29, 1.82) is 0 Å². The van der Waals surface area contributed by atoms with E-state index >= 15 is 0 Å². The first-order valence-corrected chi connectivity index (χ1v) is 7.15. The van der Waals surface area contributed by atoms with Crippen molar-refractivity contribution < 1.29 is 23.7 Å². The molecule has 1 aromatic rings. The van der Waals surface area contributed by atoms with Gasteiger partial charge in [0.2, 0.25) is 0 Å². The fraction of sp³-hybridized carbons (Fsp3) is 0.562. The van der Waals surface area contributed by atoms with Gasteiger partial charge in [0.1, 0.15) is 11.8 Å².